The van der Waals surface area contributed by atoms with Crippen molar-refractivity contribution in [2.45, 2.75) is 57.9 Å². The number of rotatable bonds is 12. The smallest absolute Gasteiger partial charge is 0.407 e. The fourth-order valence-electron chi connectivity index (χ4n) is 3.16. The first-order chi connectivity index (χ1) is 14.0. The second kappa shape index (κ2) is 11.9. The zero-order valence-electron chi connectivity index (χ0n) is 17.3. The Bertz CT molecular complexity index is 810. The molecule has 2 aromatic rings. The van der Waals surface area contributed by atoms with Crippen LogP contribution in [0.2, 0.25) is 0 Å². The van der Waals surface area contributed by atoms with Gasteiger partial charge in [0.1, 0.15) is 6.04 Å². The molecule has 7 nitrogen and oxygen atoms in total. The quantitative estimate of drug-likeness (QED) is 0.528. The summed E-state index contributed by atoms with van der Waals surface area (Å²) in [5, 5.41) is 4.66. The van der Waals surface area contributed by atoms with Crippen LogP contribution in [-0.2, 0) is 16.0 Å². The van der Waals surface area contributed by atoms with Gasteiger partial charge in [-0.15, -0.1) is 0 Å². The van der Waals surface area contributed by atoms with E-state index in [0.29, 0.717) is 18.9 Å². The number of pyridine rings is 1. The summed E-state index contributed by atoms with van der Waals surface area (Å²) < 4.78 is 10.5. The van der Waals surface area contributed by atoms with Crippen LogP contribution >= 0.6 is 0 Å². The minimum absolute atomic E-state index is 0.320. The average molecular weight is 402 g/mol. The molecule has 2 rings (SSSR count). The van der Waals surface area contributed by atoms with Crippen LogP contribution in [0.25, 0.3) is 10.8 Å². The number of hydrogen-bond acceptors (Lipinski definition) is 5. The van der Waals surface area contributed by atoms with E-state index < -0.39 is 18.0 Å². The molecular formula is C22H31N3O4. The predicted octanol–water partition coefficient (Wildman–Crippen LogP) is 3.73. The molecule has 1 heterocycles. The molecule has 0 saturated heterocycles. The normalized spacial score (nSPS) is 11.8. The van der Waals surface area contributed by atoms with E-state index in [9.17, 15) is 9.59 Å². The molecule has 0 aliphatic carbocycles. The Balaban J connectivity index is 1.68. The van der Waals surface area contributed by atoms with E-state index in [1.54, 1.807) is 13.3 Å². The molecule has 29 heavy (non-hydrogen) atoms. The summed E-state index contributed by atoms with van der Waals surface area (Å²) in [4.78, 5) is 27.4. The summed E-state index contributed by atoms with van der Waals surface area (Å²) in [6, 6.07) is 7.62. The number of nitrogens with one attached hydrogen (secondary N) is 1. The Morgan fingerprint density at radius 2 is 2.00 bits per heavy atom. The van der Waals surface area contributed by atoms with Gasteiger partial charge in [0.05, 0.1) is 13.7 Å². The molecule has 1 aromatic heterocycles. The highest BCUT2D eigenvalue weighted by atomic mass is 16.5. The first-order valence-corrected chi connectivity index (χ1v) is 10.2. The van der Waals surface area contributed by atoms with E-state index in [1.807, 2.05) is 13.0 Å². The van der Waals surface area contributed by atoms with Crippen LogP contribution in [0.4, 0.5) is 4.79 Å². The number of amides is 2. The van der Waals surface area contributed by atoms with Crippen LogP contribution in [0.5, 0.6) is 5.88 Å². The summed E-state index contributed by atoms with van der Waals surface area (Å²) in [5.74, 6) is 0.106. The summed E-state index contributed by atoms with van der Waals surface area (Å²) in [7, 11) is 1.63. The number of methoxy groups -OCH3 is 1. The maximum Gasteiger partial charge on any atom is 0.407 e. The molecule has 0 unspecified atom stereocenters. The van der Waals surface area contributed by atoms with Crippen molar-refractivity contribution >= 4 is 22.8 Å². The maximum atomic E-state index is 11.8. The highest BCUT2D eigenvalue weighted by Gasteiger charge is 2.17. The zero-order valence-corrected chi connectivity index (χ0v) is 17.3. The van der Waals surface area contributed by atoms with Gasteiger partial charge in [0.2, 0.25) is 11.8 Å². The Kier molecular flexibility index (Phi) is 9.21. The molecule has 0 aliphatic rings. The van der Waals surface area contributed by atoms with Gasteiger partial charge >= 0.3 is 6.09 Å². The number of aromatic nitrogens is 1. The highest BCUT2D eigenvalue weighted by molar-refractivity contribution is 5.87. The van der Waals surface area contributed by atoms with E-state index in [1.165, 1.54) is 5.56 Å². The molecule has 0 radical (unpaired) electrons. The molecule has 158 valence electrons. The molecule has 0 saturated carbocycles. The lowest BCUT2D eigenvalue weighted by molar-refractivity contribution is -0.120. The zero-order chi connectivity index (χ0) is 21.1. The van der Waals surface area contributed by atoms with Crippen molar-refractivity contribution < 1.29 is 19.1 Å². The Labute approximate surface area is 172 Å². The van der Waals surface area contributed by atoms with Crippen molar-refractivity contribution in [1.29, 1.82) is 0 Å². The standard InChI is InChI=1S/C22H31N3O4/c1-3-4-9-19(20(23)26)25-22(27)29-14-7-5-6-8-16-10-11-17-12-13-24-21(28-2)18(17)15-16/h10-13,15,19H,3-9,14H2,1-2H3,(H2,23,26)(H,25,27)/t19-/m0/s1. The van der Waals surface area contributed by atoms with E-state index in [2.05, 4.69) is 28.5 Å². The van der Waals surface area contributed by atoms with E-state index in [4.69, 9.17) is 15.2 Å². The van der Waals surface area contributed by atoms with Crippen LogP contribution < -0.4 is 15.8 Å². The largest absolute Gasteiger partial charge is 0.481 e. The minimum Gasteiger partial charge on any atom is -0.481 e. The monoisotopic (exact) mass is 401 g/mol. The van der Waals surface area contributed by atoms with Gasteiger partial charge in [-0.05, 0) is 55.2 Å². The summed E-state index contributed by atoms with van der Waals surface area (Å²) >= 11 is 0. The van der Waals surface area contributed by atoms with E-state index >= 15 is 0 Å². The molecule has 1 aromatic carbocycles. The number of nitrogens with two attached hydrogens (primary N) is 1. The number of primary amides is 1. The van der Waals surface area contributed by atoms with Gasteiger partial charge in [-0.25, -0.2) is 9.78 Å². The van der Waals surface area contributed by atoms with E-state index in [0.717, 1.165) is 49.3 Å². The summed E-state index contributed by atoms with van der Waals surface area (Å²) in [6.07, 6.45) is 7.07. The SMILES string of the molecule is CCCC[C@H](NC(=O)OCCCCCc1ccc2ccnc(OC)c2c1)C(N)=O. The number of unbranched alkanes of at least 4 members (excludes halogenated alkanes) is 3. The number of carbonyl (C=O) groups excluding carboxylic acids is 2. The van der Waals surface area contributed by atoms with Crippen LogP contribution in [0, 0.1) is 0 Å². The van der Waals surface area contributed by atoms with Crippen molar-refractivity contribution in [3.8, 4) is 5.88 Å². The Morgan fingerprint density at radius 3 is 2.72 bits per heavy atom. The van der Waals surface area contributed by atoms with Gasteiger partial charge in [-0.2, -0.15) is 0 Å². The third-order valence-electron chi connectivity index (χ3n) is 4.81. The number of benzene rings is 1. The van der Waals surface area contributed by atoms with Crippen LogP contribution in [0.3, 0.4) is 0 Å². The topological polar surface area (TPSA) is 104 Å². The molecule has 0 fully saturated rings. The molecular weight excluding hydrogens is 370 g/mol. The van der Waals surface area contributed by atoms with Gasteiger partial charge in [0.15, 0.2) is 0 Å². The predicted molar refractivity (Wildman–Crippen MR) is 113 cm³/mol. The first-order valence-electron chi connectivity index (χ1n) is 10.2. The number of ether oxygens (including phenoxy) is 2. The minimum atomic E-state index is -0.665. The Hall–Kier alpha value is -2.83. The van der Waals surface area contributed by atoms with Gasteiger partial charge in [-0.3, -0.25) is 4.79 Å². The maximum absolute atomic E-state index is 11.8. The van der Waals surface area contributed by atoms with Gasteiger partial charge < -0.3 is 20.5 Å². The summed E-state index contributed by atoms with van der Waals surface area (Å²) in [5.41, 5.74) is 6.53. The van der Waals surface area contributed by atoms with Gasteiger partial charge in [0, 0.05) is 11.6 Å². The Morgan fingerprint density at radius 1 is 1.17 bits per heavy atom. The highest BCUT2D eigenvalue weighted by Crippen LogP contribution is 2.24. The molecule has 7 heteroatoms. The number of nitrogens with zero attached hydrogens (tertiary/aromatic N) is 1. The summed E-state index contributed by atoms with van der Waals surface area (Å²) in [6.45, 7) is 2.34. The molecule has 0 aliphatic heterocycles. The number of aryl methyl sites for hydroxylation is 1. The number of alkyl carbamates (subject to hydrolysis) is 1. The fraction of sp³-hybridized carbons (Fsp3) is 0.500. The third-order valence-corrected chi connectivity index (χ3v) is 4.81. The lowest BCUT2D eigenvalue weighted by Crippen LogP contribution is -2.44. The van der Waals surface area contributed by atoms with Crippen LogP contribution in [0.15, 0.2) is 30.5 Å². The van der Waals surface area contributed by atoms with E-state index in [-0.39, 0.29) is 0 Å². The van der Waals surface area contributed by atoms with Crippen LogP contribution in [-0.4, -0.2) is 36.7 Å². The average Bonchev–Trinajstić information content (AvgIpc) is 2.72. The fourth-order valence-corrected chi connectivity index (χ4v) is 3.16. The van der Waals surface area contributed by atoms with Gasteiger partial charge in [0.25, 0.3) is 0 Å². The van der Waals surface area contributed by atoms with Crippen molar-refractivity contribution in [3.63, 3.8) is 0 Å². The van der Waals surface area contributed by atoms with Crippen molar-refractivity contribution in [2.75, 3.05) is 13.7 Å². The van der Waals surface area contributed by atoms with Crippen molar-refractivity contribution in [2.24, 2.45) is 5.73 Å². The van der Waals surface area contributed by atoms with Crippen LogP contribution in [0.1, 0.15) is 51.0 Å². The number of carbonyl (C=O) groups is 2. The molecule has 3 N–H and O–H groups in total. The third kappa shape index (κ3) is 7.25. The molecule has 2 amide bonds. The first kappa shape index (κ1) is 22.5. The second-order valence-corrected chi connectivity index (χ2v) is 7.06. The second-order valence-electron chi connectivity index (χ2n) is 7.06. The van der Waals surface area contributed by atoms with Crippen molar-refractivity contribution in [3.05, 3.63) is 36.0 Å². The van der Waals surface area contributed by atoms with Gasteiger partial charge in [-0.1, -0.05) is 31.9 Å². The number of hydrogen-bond donors (Lipinski definition) is 2. The lowest BCUT2D eigenvalue weighted by Gasteiger charge is -2.15. The molecule has 0 bridgehead atoms. The molecule has 0 spiro atoms. The van der Waals surface area contributed by atoms with Crippen molar-refractivity contribution in [1.82, 2.24) is 10.3 Å². The lowest BCUT2D eigenvalue weighted by atomic mass is 10.0. The molecule has 1 atom stereocenters. The number of fused-ring (bicyclic) bond motifs is 1.